The maximum absolute atomic E-state index is 12.1. The minimum atomic E-state index is -0.676. The smallest absolute Gasteiger partial charge is 0.233 e. The monoisotopic (exact) mass is 285 g/mol. The first-order valence-corrected chi connectivity index (χ1v) is 8.57. The van der Waals surface area contributed by atoms with Gasteiger partial charge in [-0.1, -0.05) is 20.3 Å². The standard InChI is InChI=1S/C15H27NO2S/c1-14(2)6-8-15(18,9-7-14)11-16-13(17)12-5-3-4-10-19-12/h12,18H,3-11H2,1-2H3,(H,16,17). The van der Waals surface area contributed by atoms with Gasteiger partial charge >= 0.3 is 0 Å². The number of nitrogens with one attached hydrogen (secondary N) is 1. The predicted molar refractivity (Wildman–Crippen MR) is 80.3 cm³/mol. The summed E-state index contributed by atoms with van der Waals surface area (Å²) in [5.41, 5.74) is -0.333. The van der Waals surface area contributed by atoms with Crippen LogP contribution in [0.2, 0.25) is 0 Å². The molecule has 1 atom stereocenters. The van der Waals surface area contributed by atoms with Crippen molar-refractivity contribution in [3.8, 4) is 0 Å². The van der Waals surface area contributed by atoms with E-state index in [9.17, 15) is 9.90 Å². The Kier molecular flexibility index (Phi) is 4.83. The average Bonchev–Trinajstić information content (AvgIpc) is 2.41. The molecule has 0 spiro atoms. The van der Waals surface area contributed by atoms with Crippen LogP contribution in [0.5, 0.6) is 0 Å². The molecule has 1 aliphatic carbocycles. The molecule has 1 heterocycles. The van der Waals surface area contributed by atoms with Gasteiger partial charge in [0.1, 0.15) is 0 Å². The molecule has 4 heteroatoms. The van der Waals surface area contributed by atoms with Crippen LogP contribution in [0.4, 0.5) is 0 Å². The Morgan fingerprint density at radius 1 is 1.26 bits per heavy atom. The highest BCUT2D eigenvalue weighted by Crippen LogP contribution is 2.39. The summed E-state index contributed by atoms with van der Waals surface area (Å²) in [6.45, 7) is 4.94. The summed E-state index contributed by atoms with van der Waals surface area (Å²) >= 11 is 1.76. The fourth-order valence-electron chi connectivity index (χ4n) is 2.88. The van der Waals surface area contributed by atoms with Crippen LogP contribution in [-0.4, -0.2) is 34.2 Å². The molecule has 1 aliphatic heterocycles. The molecular formula is C15H27NO2S. The minimum Gasteiger partial charge on any atom is -0.388 e. The molecule has 0 aromatic heterocycles. The lowest BCUT2D eigenvalue weighted by atomic mass is 9.71. The highest BCUT2D eigenvalue weighted by Gasteiger charge is 2.37. The highest BCUT2D eigenvalue weighted by molar-refractivity contribution is 8.00. The summed E-state index contributed by atoms with van der Waals surface area (Å²) in [5, 5.41) is 13.6. The molecular weight excluding hydrogens is 258 g/mol. The molecule has 1 saturated carbocycles. The summed E-state index contributed by atoms with van der Waals surface area (Å²) in [5.74, 6) is 1.22. The van der Waals surface area contributed by atoms with E-state index in [4.69, 9.17) is 0 Å². The average molecular weight is 285 g/mol. The van der Waals surface area contributed by atoms with E-state index in [2.05, 4.69) is 19.2 Å². The Morgan fingerprint density at radius 3 is 2.53 bits per heavy atom. The Labute approximate surface area is 120 Å². The number of carbonyl (C=O) groups is 1. The summed E-state index contributed by atoms with van der Waals surface area (Å²) in [4.78, 5) is 12.1. The van der Waals surface area contributed by atoms with E-state index in [0.717, 1.165) is 44.3 Å². The van der Waals surface area contributed by atoms with Gasteiger partial charge < -0.3 is 10.4 Å². The molecule has 2 N–H and O–H groups in total. The van der Waals surface area contributed by atoms with Crippen molar-refractivity contribution in [2.24, 2.45) is 5.41 Å². The van der Waals surface area contributed by atoms with Gasteiger partial charge in [0.15, 0.2) is 0 Å². The normalized spacial score (nSPS) is 29.7. The molecule has 2 fully saturated rings. The number of thioether (sulfide) groups is 1. The third-order valence-electron chi connectivity index (χ3n) is 4.60. The molecule has 0 bridgehead atoms. The SMILES string of the molecule is CC1(C)CCC(O)(CNC(=O)C2CCCCS2)CC1. The van der Waals surface area contributed by atoms with E-state index in [0.29, 0.717) is 12.0 Å². The van der Waals surface area contributed by atoms with Crippen molar-refractivity contribution in [2.45, 2.75) is 69.6 Å². The molecule has 1 amide bonds. The van der Waals surface area contributed by atoms with Gasteiger partial charge in [0.05, 0.1) is 10.9 Å². The van der Waals surface area contributed by atoms with E-state index in [1.165, 1.54) is 6.42 Å². The molecule has 1 unspecified atom stereocenters. The first-order chi connectivity index (χ1) is 8.90. The maximum Gasteiger partial charge on any atom is 0.233 e. The number of hydrogen-bond donors (Lipinski definition) is 2. The topological polar surface area (TPSA) is 49.3 Å². The van der Waals surface area contributed by atoms with Crippen LogP contribution >= 0.6 is 11.8 Å². The van der Waals surface area contributed by atoms with Gasteiger partial charge in [-0.2, -0.15) is 0 Å². The van der Waals surface area contributed by atoms with Gasteiger partial charge in [0, 0.05) is 6.54 Å². The largest absolute Gasteiger partial charge is 0.388 e. The van der Waals surface area contributed by atoms with Gasteiger partial charge in [-0.15, -0.1) is 11.8 Å². The van der Waals surface area contributed by atoms with Gasteiger partial charge in [-0.25, -0.2) is 0 Å². The summed E-state index contributed by atoms with van der Waals surface area (Å²) in [7, 11) is 0. The Hall–Kier alpha value is -0.220. The summed E-state index contributed by atoms with van der Waals surface area (Å²) < 4.78 is 0. The number of amides is 1. The molecule has 19 heavy (non-hydrogen) atoms. The molecule has 2 aliphatic rings. The Bertz CT molecular complexity index is 314. The lowest BCUT2D eigenvalue weighted by Crippen LogP contribution is -2.48. The zero-order valence-corrected chi connectivity index (χ0v) is 13.0. The second kappa shape index (κ2) is 6.04. The first kappa shape index (κ1) is 15.2. The Morgan fingerprint density at radius 2 is 1.95 bits per heavy atom. The van der Waals surface area contributed by atoms with Crippen LogP contribution in [0.3, 0.4) is 0 Å². The number of carbonyl (C=O) groups excluding carboxylic acids is 1. The van der Waals surface area contributed by atoms with Crippen molar-refractivity contribution < 1.29 is 9.90 Å². The molecule has 0 aromatic carbocycles. The van der Waals surface area contributed by atoms with Crippen LogP contribution < -0.4 is 5.32 Å². The van der Waals surface area contributed by atoms with Crippen LogP contribution in [0, 0.1) is 5.41 Å². The minimum absolute atomic E-state index is 0.109. The van der Waals surface area contributed by atoms with Crippen LogP contribution in [-0.2, 0) is 4.79 Å². The van der Waals surface area contributed by atoms with Gasteiger partial charge in [-0.05, 0) is 49.7 Å². The van der Waals surface area contributed by atoms with Crippen molar-refractivity contribution in [2.75, 3.05) is 12.3 Å². The third-order valence-corrected chi connectivity index (χ3v) is 5.97. The molecule has 0 radical (unpaired) electrons. The zero-order chi connectivity index (χ0) is 13.9. The molecule has 2 rings (SSSR count). The van der Waals surface area contributed by atoms with Gasteiger partial charge in [0.25, 0.3) is 0 Å². The van der Waals surface area contributed by atoms with Crippen LogP contribution in [0.1, 0.15) is 58.8 Å². The fraction of sp³-hybridized carbons (Fsp3) is 0.933. The quantitative estimate of drug-likeness (QED) is 0.838. The van der Waals surface area contributed by atoms with E-state index >= 15 is 0 Å². The van der Waals surface area contributed by atoms with Crippen molar-refractivity contribution >= 4 is 17.7 Å². The third kappa shape index (κ3) is 4.38. The highest BCUT2D eigenvalue weighted by atomic mass is 32.2. The van der Waals surface area contributed by atoms with Crippen molar-refractivity contribution in [3.05, 3.63) is 0 Å². The van der Waals surface area contributed by atoms with Crippen LogP contribution in [0.15, 0.2) is 0 Å². The van der Waals surface area contributed by atoms with Crippen LogP contribution in [0.25, 0.3) is 0 Å². The summed E-state index contributed by atoms with van der Waals surface area (Å²) in [6.07, 6.45) is 7.06. The van der Waals surface area contributed by atoms with E-state index in [1.54, 1.807) is 11.8 Å². The fourth-order valence-corrected chi connectivity index (χ4v) is 4.11. The van der Waals surface area contributed by atoms with E-state index in [-0.39, 0.29) is 11.2 Å². The van der Waals surface area contributed by atoms with E-state index < -0.39 is 5.60 Å². The first-order valence-electron chi connectivity index (χ1n) is 7.52. The molecule has 1 saturated heterocycles. The molecule has 0 aromatic rings. The lowest BCUT2D eigenvalue weighted by Gasteiger charge is -2.40. The number of rotatable bonds is 3. The van der Waals surface area contributed by atoms with Crippen molar-refractivity contribution in [1.29, 1.82) is 0 Å². The maximum atomic E-state index is 12.1. The van der Waals surface area contributed by atoms with Crippen molar-refractivity contribution in [3.63, 3.8) is 0 Å². The van der Waals surface area contributed by atoms with Gasteiger partial charge in [-0.3, -0.25) is 4.79 Å². The lowest BCUT2D eigenvalue weighted by molar-refractivity contribution is -0.122. The zero-order valence-electron chi connectivity index (χ0n) is 12.2. The van der Waals surface area contributed by atoms with Gasteiger partial charge in [0.2, 0.25) is 5.91 Å². The second-order valence-electron chi connectivity index (χ2n) is 6.96. The predicted octanol–water partition coefficient (Wildman–Crippen LogP) is 2.72. The Balaban J connectivity index is 1.76. The summed E-state index contributed by atoms with van der Waals surface area (Å²) in [6, 6.07) is 0. The second-order valence-corrected chi connectivity index (χ2v) is 8.27. The molecule has 110 valence electrons. The molecule has 3 nitrogen and oxygen atoms in total. The van der Waals surface area contributed by atoms with E-state index in [1.807, 2.05) is 0 Å². The number of hydrogen-bond acceptors (Lipinski definition) is 3. The van der Waals surface area contributed by atoms with Crippen molar-refractivity contribution in [1.82, 2.24) is 5.32 Å². The number of aliphatic hydroxyl groups is 1.